The van der Waals surface area contributed by atoms with Crippen LogP contribution in [0.2, 0.25) is 0 Å². The molecule has 0 saturated carbocycles. The topological polar surface area (TPSA) is 35.5 Å². The summed E-state index contributed by atoms with van der Waals surface area (Å²) in [5, 5.41) is 0. The second kappa shape index (κ2) is 5.43. The van der Waals surface area contributed by atoms with Crippen LogP contribution in [0, 0.1) is 0 Å². The highest BCUT2D eigenvalue weighted by Crippen LogP contribution is 2.23. The summed E-state index contributed by atoms with van der Waals surface area (Å²) >= 11 is 0. The van der Waals surface area contributed by atoms with Crippen LogP contribution in [0.25, 0.3) is 0 Å². The third kappa shape index (κ3) is 2.56. The monoisotopic (exact) mass is 234 g/mol. The van der Waals surface area contributed by atoms with Gasteiger partial charge in [0.25, 0.3) is 0 Å². The summed E-state index contributed by atoms with van der Waals surface area (Å²) in [6.45, 7) is 0. The Hall–Kier alpha value is -1.19. The number of ether oxygens (including phenoxy) is 2. The lowest BCUT2D eigenvalue weighted by Gasteiger charge is -2.27. The van der Waals surface area contributed by atoms with E-state index in [1.807, 2.05) is 24.3 Å². The quantitative estimate of drug-likeness (QED) is 0.787. The molecule has 0 spiro atoms. The summed E-state index contributed by atoms with van der Waals surface area (Å²) < 4.78 is 10.9. The third-order valence-corrected chi connectivity index (χ3v) is 3.41. The molecule has 2 rings (SSSR count). The Morgan fingerprint density at radius 1 is 1.12 bits per heavy atom. The lowest BCUT2D eigenvalue weighted by Crippen LogP contribution is -2.34. The lowest BCUT2D eigenvalue weighted by atomic mass is 9.89. The second-order valence-electron chi connectivity index (χ2n) is 4.37. The lowest BCUT2D eigenvalue weighted by molar-refractivity contribution is -0.0397. The molecular weight excluding hydrogens is 216 g/mol. The first-order valence-corrected chi connectivity index (χ1v) is 5.93. The molecule has 0 radical (unpaired) electrons. The van der Waals surface area contributed by atoms with Gasteiger partial charge in [-0.05, 0) is 12.0 Å². The molecule has 3 nitrogen and oxygen atoms in total. The first kappa shape index (κ1) is 12.3. The molecule has 1 aromatic rings. The zero-order chi connectivity index (χ0) is 12.3. The SMILES string of the molecule is COC1CCC(=O)c2ccccc2CC1OC. The number of carbonyl (C=O) groups is 1. The van der Waals surface area contributed by atoms with Crippen LogP contribution in [0.15, 0.2) is 24.3 Å². The Balaban J connectivity index is 2.33. The summed E-state index contributed by atoms with van der Waals surface area (Å²) in [7, 11) is 3.37. The number of Topliss-reactive ketones (excluding diaryl/α,β-unsaturated/α-hetero) is 1. The highest BCUT2D eigenvalue weighted by Gasteiger charge is 2.27. The number of hydrogen-bond acceptors (Lipinski definition) is 3. The van der Waals surface area contributed by atoms with E-state index in [0.717, 1.165) is 24.0 Å². The summed E-state index contributed by atoms with van der Waals surface area (Å²) in [4.78, 5) is 12.0. The smallest absolute Gasteiger partial charge is 0.163 e. The van der Waals surface area contributed by atoms with Gasteiger partial charge in [-0.2, -0.15) is 0 Å². The number of benzene rings is 1. The largest absolute Gasteiger partial charge is 0.379 e. The van der Waals surface area contributed by atoms with Crippen molar-refractivity contribution in [1.82, 2.24) is 0 Å². The fourth-order valence-corrected chi connectivity index (χ4v) is 2.42. The Morgan fingerprint density at radius 3 is 2.53 bits per heavy atom. The Morgan fingerprint density at radius 2 is 1.82 bits per heavy atom. The first-order valence-electron chi connectivity index (χ1n) is 5.93. The molecule has 0 heterocycles. The number of hydrogen-bond donors (Lipinski definition) is 0. The Bertz CT molecular complexity index is 400. The van der Waals surface area contributed by atoms with Gasteiger partial charge in [-0.3, -0.25) is 4.79 Å². The molecule has 0 aliphatic heterocycles. The fourth-order valence-electron chi connectivity index (χ4n) is 2.42. The van der Waals surface area contributed by atoms with E-state index in [1.165, 1.54) is 0 Å². The minimum Gasteiger partial charge on any atom is -0.379 e. The average molecular weight is 234 g/mol. The average Bonchev–Trinajstić information content (AvgIpc) is 2.36. The van der Waals surface area contributed by atoms with Crippen LogP contribution in [0.5, 0.6) is 0 Å². The molecule has 92 valence electrons. The zero-order valence-electron chi connectivity index (χ0n) is 10.3. The van der Waals surface area contributed by atoms with E-state index in [-0.39, 0.29) is 18.0 Å². The standard InChI is InChI=1S/C14H18O3/c1-16-13-8-7-12(15)11-6-4-3-5-10(11)9-14(13)17-2/h3-6,13-14H,7-9H2,1-2H3. The van der Waals surface area contributed by atoms with Gasteiger partial charge in [0, 0.05) is 32.6 Å². The van der Waals surface area contributed by atoms with Crippen LogP contribution in [0.3, 0.4) is 0 Å². The Labute approximate surface area is 102 Å². The van der Waals surface area contributed by atoms with Crippen molar-refractivity contribution in [2.75, 3.05) is 14.2 Å². The van der Waals surface area contributed by atoms with Crippen LogP contribution in [-0.4, -0.2) is 32.2 Å². The van der Waals surface area contributed by atoms with Crippen LogP contribution >= 0.6 is 0 Å². The molecule has 1 aromatic carbocycles. The van der Waals surface area contributed by atoms with E-state index in [0.29, 0.717) is 6.42 Å². The highest BCUT2D eigenvalue weighted by atomic mass is 16.5. The Kier molecular flexibility index (Phi) is 3.92. The van der Waals surface area contributed by atoms with Gasteiger partial charge in [-0.25, -0.2) is 0 Å². The molecule has 1 aliphatic carbocycles. The summed E-state index contributed by atoms with van der Waals surface area (Å²) in [5.41, 5.74) is 1.90. The predicted molar refractivity (Wildman–Crippen MR) is 65.3 cm³/mol. The number of fused-ring (bicyclic) bond motifs is 1. The number of ketones is 1. The van der Waals surface area contributed by atoms with E-state index < -0.39 is 0 Å². The van der Waals surface area contributed by atoms with Crippen molar-refractivity contribution >= 4 is 5.78 Å². The maximum absolute atomic E-state index is 12.0. The molecule has 0 fully saturated rings. The second-order valence-corrected chi connectivity index (χ2v) is 4.37. The van der Waals surface area contributed by atoms with E-state index in [9.17, 15) is 4.79 Å². The summed E-state index contributed by atoms with van der Waals surface area (Å²) in [5.74, 6) is 0.206. The molecule has 0 bridgehead atoms. The van der Waals surface area contributed by atoms with E-state index in [4.69, 9.17) is 9.47 Å². The van der Waals surface area contributed by atoms with E-state index >= 15 is 0 Å². The van der Waals surface area contributed by atoms with Crippen molar-refractivity contribution < 1.29 is 14.3 Å². The molecule has 3 heteroatoms. The van der Waals surface area contributed by atoms with E-state index in [2.05, 4.69) is 0 Å². The number of methoxy groups -OCH3 is 2. The van der Waals surface area contributed by atoms with Crippen molar-refractivity contribution in [3.05, 3.63) is 35.4 Å². The van der Waals surface area contributed by atoms with Gasteiger partial charge in [0.2, 0.25) is 0 Å². The fraction of sp³-hybridized carbons (Fsp3) is 0.500. The molecule has 2 atom stereocenters. The van der Waals surface area contributed by atoms with Crippen LogP contribution < -0.4 is 0 Å². The molecule has 2 unspecified atom stereocenters. The van der Waals surface area contributed by atoms with Crippen LogP contribution in [0.4, 0.5) is 0 Å². The van der Waals surface area contributed by atoms with Gasteiger partial charge in [0.1, 0.15) is 0 Å². The molecule has 0 saturated heterocycles. The predicted octanol–water partition coefficient (Wildman–Crippen LogP) is 2.24. The molecule has 1 aliphatic rings. The molecule has 0 N–H and O–H groups in total. The minimum absolute atomic E-state index is 0.00249. The van der Waals surface area contributed by atoms with Gasteiger partial charge < -0.3 is 9.47 Å². The van der Waals surface area contributed by atoms with Crippen molar-refractivity contribution in [2.45, 2.75) is 31.5 Å². The molecule has 0 aromatic heterocycles. The molecule has 17 heavy (non-hydrogen) atoms. The van der Waals surface area contributed by atoms with Crippen molar-refractivity contribution in [3.63, 3.8) is 0 Å². The third-order valence-electron chi connectivity index (χ3n) is 3.41. The van der Waals surface area contributed by atoms with E-state index in [1.54, 1.807) is 14.2 Å². The van der Waals surface area contributed by atoms with Crippen LogP contribution in [-0.2, 0) is 15.9 Å². The summed E-state index contributed by atoms with van der Waals surface area (Å²) in [6.07, 6.45) is 2.00. The maximum Gasteiger partial charge on any atom is 0.163 e. The number of rotatable bonds is 2. The first-order chi connectivity index (χ1) is 8.26. The van der Waals surface area contributed by atoms with Crippen LogP contribution in [0.1, 0.15) is 28.8 Å². The molecule has 0 amide bonds. The van der Waals surface area contributed by atoms with Gasteiger partial charge in [-0.1, -0.05) is 24.3 Å². The maximum atomic E-state index is 12.0. The van der Waals surface area contributed by atoms with Gasteiger partial charge >= 0.3 is 0 Å². The highest BCUT2D eigenvalue weighted by molar-refractivity contribution is 5.97. The molecular formula is C14H18O3. The van der Waals surface area contributed by atoms with Gasteiger partial charge in [-0.15, -0.1) is 0 Å². The zero-order valence-corrected chi connectivity index (χ0v) is 10.3. The van der Waals surface area contributed by atoms with Crippen molar-refractivity contribution in [1.29, 1.82) is 0 Å². The van der Waals surface area contributed by atoms with Gasteiger partial charge in [0.05, 0.1) is 12.2 Å². The summed E-state index contributed by atoms with van der Waals surface area (Å²) in [6, 6.07) is 7.77. The van der Waals surface area contributed by atoms with Crippen molar-refractivity contribution in [3.8, 4) is 0 Å². The number of carbonyl (C=O) groups excluding carboxylic acids is 1. The minimum atomic E-state index is -0.00249. The van der Waals surface area contributed by atoms with Gasteiger partial charge in [0.15, 0.2) is 5.78 Å². The normalized spacial score (nSPS) is 24.9. The van der Waals surface area contributed by atoms with Crippen molar-refractivity contribution in [2.24, 2.45) is 0 Å².